The molecule has 2 nitrogen and oxygen atoms in total. The molecule has 100 valence electrons. The van der Waals surface area contributed by atoms with Crippen molar-refractivity contribution >= 4 is 0 Å². The molecule has 0 radical (unpaired) electrons. The normalized spacial score (nSPS) is 24.2. The van der Waals surface area contributed by atoms with Gasteiger partial charge in [0.2, 0.25) is 0 Å². The van der Waals surface area contributed by atoms with Crippen molar-refractivity contribution in [1.29, 1.82) is 0 Å². The molecule has 0 spiro atoms. The molecule has 0 aromatic carbocycles. The van der Waals surface area contributed by atoms with E-state index in [9.17, 15) is 0 Å². The Kier molecular flexibility index (Phi) is 5.30. The van der Waals surface area contributed by atoms with Crippen molar-refractivity contribution in [3.63, 3.8) is 0 Å². The molecule has 2 aliphatic rings. The second-order valence-corrected chi connectivity index (χ2v) is 5.97. The molecular weight excluding hydrogens is 208 g/mol. The molecule has 1 unspecified atom stereocenters. The lowest BCUT2D eigenvalue weighted by molar-refractivity contribution is 0.131. The molecule has 17 heavy (non-hydrogen) atoms. The van der Waals surface area contributed by atoms with Gasteiger partial charge >= 0.3 is 0 Å². The third-order valence-corrected chi connectivity index (χ3v) is 4.51. The topological polar surface area (TPSA) is 15.3 Å². The number of hydrogen-bond acceptors (Lipinski definition) is 2. The van der Waals surface area contributed by atoms with Gasteiger partial charge in [-0.25, -0.2) is 0 Å². The summed E-state index contributed by atoms with van der Waals surface area (Å²) in [6.45, 7) is 8.57. The molecule has 1 saturated carbocycles. The van der Waals surface area contributed by atoms with Gasteiger partial charge in [-0.3, -0.25) is 4.90 Å². The number of hydrogen-bond donors (Lipinski definition) is 1. The maximum atomic E-state index is 3.48. The van der Waals surface area contributed by atoms with Gasteiger partial charge in [0.15, 0.2) is 0 Å². The van der Waals surface area contributed by atoms with Crippen molar-refractivity contribution in [3.05, 3.63) is 0 Å². The highest BCUT2D eigenvalue weighted by Crippen LogP contribution is 2.32. The zero-order valence-electron chi connectivity index (χ0n) is 11.8. The van der Waals surface area contributed by atoms with Crippen LogP contribution >= 0.6 is 0 Å². The SMILES string of the molecule is CCCC(CC)N(CC1CCNCC1)C1CC1. The molecule has 1 saturated heterocycles. The van der Waals surface area contributed by atoms with Gasteiger partial charge in [0.25, 0.3) is 0 Å². The second-order valence-electron chi connectivity index (χ2n) is 5.97. The average Bonchev–Trinajstić information content (AvgIpc) is 3.19. The molecule has 2 heteroatoms. The summed E-state index contributed by atoms with van der Waals surface area (Å²) in [4.78, 5) is 2.87. The predicted molar refractivity (Wildman–Crippen MR) is 74.3 cm³/mol. The molecule has 1 aliphatic carbocycles. The van der Waals surface area contributed by atoms with E-state index in [-0.39, 0.29) is 0 Å². The van der Waals surface area contributed by atoms with E-state index in [1.807, 2.05) is 0 Å². The molecule has 0 aromatic rings. The lowest BCUT2D eigenvalue weighted by Gasteiger charge is -2.35. The van der Waals surface area contributed by atoms with Gasteiger partial charge in [-0.05, 0) is 57.5 Å². The van der Waals surface area contributed by atoms with Gasteiger partial charge in [-0.15, -0.1) is 0 Å². The minimum atomic E-state index is 0.863. The van der Waals surface area contributed by atoms with E-state index in [2.05, 4.69) is 24.1 Å². The summed E-state index contributed by atoms with van der Waals surface area (Å²) in [5, 5.41) is 3.48. The highest BCUT2D eigenvalue weighted by Gasteiger charge is 2.34. The quantitative estimate of drug-likeness (QED) is 0.733. The van der Waals surface area contributed by atoms with Crippen LogP contribution in [0.5, 0.6) is 0 Å². The van der Waals surface area contributed by atoms with Gasteiger partial charge in [-0.2, -0.15) is 0 Å². The van der Waals surface area contributed by atoms with E-state index in [1.165, 1.54) is 64.6 Å². The first-order valence-corrected chi connectivity index (χ1v) is 7.81. The zero-order valence-corrected chi connectivity index (χ0v) is 11.8. The van der Waals surface area contributed by atoms with E-state index < -0.39 is 0 Å². The van der Waals surface area contributed by atoms with Crippen molar-refractivity contribution in [3.8, 4) is 0 Å². The first-order valence-electron chi connectivity index (χ1n) is 7.81. The third kappa shape index (κ3) is 3.96. The summed E-state index contributed by atoms with van der Waals surface area (Å²) in [7, 11) is 0. The summed E-state index contributed by atoms with van der Waals surface area (Å²) in [5.74, 6) is 0.961. The smallest absolute Gasteiger partial charge is 0.00994 e. The van der Waals surface area contributed by atoms with E-state index in [0.29, 0.717) is 0 Å². The van der Waals surface area contributed by atoms with Crippen molar-refractivity contribution in [2.24, 2.45) is 5.92 Å². The first-order chi connectivity index (χ1) is 8.35. The highest BCUT2D eigenvalue weighted by atomic mass is 15.2. The van der Waals surface area contributed by atoms with Crippen LogP contribution in [0.4, 0.5) is 0 Å². The Hall–Kier alpha value is -0.0800. The average molecular weight is 238 g/mol. The van der Waals surface area contributed by atoms with Gasteiger partial charge in [0, 0.05) is 18.6 Å². The maximum Gasteiger partial charge on any atom is 0.00994 e. The Morgan fingerprint density at radius 2 is 1.82 bits per heavy atom. The van der Waals surface area contributed by atoms with Gasteiger partial charge in [0.05, 0.1) is 0 Å². The summed E-state index contributed by atoms with van der Waals surface area (Å²) in [6, 6.07) is 1.81. The molecule has 0 amide bonds. The fourth-order valence-electron chi connectivity index (χ4n) is 3.30. The molecule has 0 aromatic heterocycles. The largest absolute Gasteiger partial charge is 0.317 e. The summed E-state index contributed by atoms with van der Waals surface area (Å²) >= 11 is 0. The Balaban J connectivity index is 1.86. The maximum absolute atomic E-state index is 3.48. The van der Waals surface area contributed by atoms with Crippen molar-refractivity contribution in [2.75, 3.05) is 19.6 Å². The van der Waals surface area contributed by atoms with Crippen LogP contribution in [0, 0.1) is 5.92 Å². The molecule has 2 fully saturated rings. The van der Waals surface area contributed by atoms with E-state index in [0.717, 1.165) is 18.0 Å². The van der Waals surface area contributed by atoms with Crippen LogP contribution in [0.1, 0.15) is 58.8 Å². The molecule has 1 N–H and O–H groups in total. The molecule has 1 atom stereocenters. The third-order valence-electron chi connectivity index (χ3n) is 4.51. The fraction of sp³-hybridized carbons (Fsp3) is 1.00. The number of nitrogens with zero attached hydrogens (tertiary/aromatic N) is 1. The lowest BCUT2D eigenvalue weighted by atomic mass is 9.95. The Morgan fingerprint density at radius 3 is 2.35 bits per heavy atom. The lowest BCUT2D eigenvalue weighted by Crippen LogP contribution is -2.42. The van der Waals surface area contributed by atoms with E-state index >= 15 is 0 Å². The van der Waals surface area contributed by atoms with Crippen molar-refractivity contribution in [2.45, 2.75) is 70.9 Å². The van der Waals surface area contributed by atoms with Crippen LogP contribution in [0.3, 0.4) is 0 Å². The van der Waals surface area contributed by atoms with Crippen LogP contribution in [0.25, 0.3) is 0 Å². The highest BCUT2D eigenvalue weighted by molar-refractivity contribution is 4.90. The standard InChI is InChI=1S/C15H30N2/c1-3-5-14(4-2)17(15-6-7-15)12-13-8-10-16-11-9-13/h13-16H,3-12H2,1-2H3. The molecule has 1 heterocycles. The van der Waals surface area contributed by atoms with Crippen LogP contribution in [-0.2, 0) is 0 Å². The fourth-order valence-corrected chi connectivity index (χ4v) is 3.30. The number of piperidine rings is 1. The Labute approximate surface area is 107 Å². The Morgan fingerprint density at radius 1 is 1.12 bits per heavy atom. The summed E-state index contributed by atoms with van der Waals surface area (Å²) in [5.41, 5.74) is 0. The molecule has 1 aliphatic heterocycles. The van der Waals surface area contributed by atoms with E-state index in [4.69, 9.17) is 0 Å². The van der Waals surface area contributed by atoms with Crippen molar-refractivity contribution < 1.29 is 0 Å². The minimum absolute atomic E-state index is 0.863. The monoisotopic (exact) mass is 238 g/mol. The molecular formula is C15H30N2. The van der Waals surface area contributed by atoms with Crippen LogP contribution in [-0.4, -0.2) is 36.6 Å². The van der Waals surface area contributed by atoms with Gasteiger partial charge in [0.1, 0.15) is 0 Å². The van der Waals surface area contributed by atoms with Crippen LogP contribution in [0.15, 0.2) is 0 Å². The summed E-state index contributed by atoms with van der Waals surface area (Å²) in [6.07, 6.45) is 9.80. The van der Waals surface area contributed by atoms with Crippen LogP contribution < -0.4 is 5.32 Å². The Bertz CT molecular complexity index is 207. The number of nitrogens with one attached hydrogen (secondary N) is 1. The van der Waals surface area contributed by atoms with Gasteiger partial charge < -0.3 is 5.32 Å². The second kappa shape index (κ2) is 6.75. The summed E-state index contributed by atoms with van der Waals surface area (Å²) < 4.78 is 0. The van der Waals surface area contributed by atoms with Crippen molar-refractivity contribution in [1.82, 2.24) is 10.2 Å². The zero-order chi connectivity index (χ0) is 12.1. The molecule has 0 bridgehead atoms. The van der Waals surface area contributed by atoms with Gasteiger partial charge in [-0.1, -0.05) is 20.3 Å². The van der Waals surface area contributed by atoms with E-state index in [1.54, 1.807) is 0 Å². The number of rotatable bonds is 7. The molecule has 2 rings (SSSR count). The van der Waals surface area contributed by atoms with Crippen LogP contribution in [0.2, 0.25) is 0 Å². The first kappa shape index (κ1) is 13.4. The predicted octanol–water partition coefficient (Wildman–Crippen LogP) is 3.03. The minimum Gasteiger partial charge on any atom is -0.317 e.